The molecule has 2 N–H and O–H groups in total. The molecule has 1 atom stereocenters. The molecule has 1 heterocycles. The molecule has 0 radical (unpaired) electrons. The van der Waals surface area contributed by atoms with E-state index in [0.717, 1.165) is 32.8 Å². The maximum atomic E-state index is 11.6. The van der Waals surface area contributed by atoms with Gasteiger partial charge in [0.15, 0.2) is 5.96 Å². The van der Waals surface area contributed by atoms with Gasteiger partial charge in [-0.15, -0.1) is 0 Å². The van der Waals surface area contributed by atoms with Crippen molar-refractivity contribution in [1.29, 1.82) is 0 Å². The average Bonchev–Trinajstić information content (AvgIpc) is 2.94. The minimum atomic E-state index is -0.000194. The highest BCUT2D eigenvalue weighted by Crippen LogP contribution is 2.15. The van der Waals surface area contributed by atoms with Crippen LogP contribution in [-0.2, 0) is 9.53 Å². The number of hydrogen-bond acceptors (Lipinski definition) is 4. The monoisotopic (exact) mass is 313 g/mol. The third-order valence-corrected chi connectivity index (χ3v) is 3.80. The molecule has 0 aromatic heterocycles. The van der Waals surface area contributed by atoms with Crippen molar-refractivity contribution in [2.24, 2.45) is 4.99 Å². The number of likely N-dealkylation sites (N-methyl/N-ethyl adjacent to an activating group) is 1. The normalized spacial score (nSPS) is 19.3. The van der Waals surface area contributed by atoms with Gasteiger partial charge in [-0.25, -0.2) is 4.99 Å². The van der Waals surface area contributed by atoms with Gasteiger partial charge in [-0.05, 0) is 26.3 Å². The molecule has 1 rings (SSSR count). The van der Waals surface area contributed by atoms with Crippen LogP contribution in [0.3, 0.4) is 0 Å². The summed E-state index contributed by atoms with van der Waals surface area (Å²) in [6.45, 7) is 6.66. The first kappa shape index (κ1) is 18.7. The summed E-state index contributed by atoms with van der Waals surface area (Å²) in [7, 11) is 5.22. The lowest BCUT2D eigenvalue weighted by Crippen LogP contribution is -2.45. The summed E-state index contributed by atoms with van der Waals surface area (Å²) >= 11 is 0. The summed E-state index contributed by atoms with van der Waals surface area (Å²) < 4.78 is 5.16. The van der Waals surface area contributed by atoms with Crippen molar-refractivity contribution in [2.75, 3.05) is 60.5 Å². The van der Waals surface area contributed by atoms with Gasteiger partial charge in [-0.1, -0.05) is 0 Å². The Hall–Kier alpha value is -1.34. The van der Waals surface area contributed by atoms with Crippen molar-refractivity contribution in [3.8, 4) is 0 Å². The number of nitrogens with one attached hydrogen (secondary N) is 2. The fourth-order valence-electron chi connectivity index (χ4n) is 2.47. The average molecular weight is 313 g/mol. The van der Waals surface area contributed by atoms with Crippen molar-refractivity contribution in [2.45, 2.75) is 25.8 Å². The van der Waals surface area contributed by atoms with Crippen molar-refractivity contribution in [3.05, 3.63) is 0 Å². The topological polar surface area (TPSA) is 69.2 Å². The molecule has 1 saturated heterocycles. The van der Waals surface area contributed by atoms with Gasteiger partial charge in [-0.3, -0.25) is 9.69 Å². The van der Waals surface area contributed by atoms with Gasteiger partial charge >= 0.3 is 0 Å². The lowest BCUT2D eigenvalue weighted by atomic mass is 10.2. The highest BCUT2D eigenvalue weighted by molar-refractivity contribution is 5.84. The van der Waals surface area contributed by atoms with Gasteiger partial charge in [0.1, 0.15) is 6.54 Å². The number of carbonyl (C=O) groups excluding carboxylic acids is 1. The number of amides is 1. The van der Waals surface area contributed by atoms with Gasteiger partial charge in [-0.2, -0.15) is 0 Å². The zero-order valence-electron chi connectivity index (χ0n) is 14.4. The fourth-order valence-corrected chi connectivity index (χ4v) is 2.47. The minimum absolute atomic E-state index is 0.000194. The molecule has 7 nitrogen and oxygen atoms in total. The predicted molar refractivity (Wildman–Crippen MR) is 89.1 cm³/mol. The van der Waals surface area contributed by atoms with Crippen molar-refractivity contribution in [3.63, 3.8) is 0 Å². The lowest BCUT2D eigenvalue weighted by molar-refractivity contribution is -0.127. The van der Waals surface area contributed by atoms with Gasteiger partial charge < -0.3 is 20.3 Å². The molecule has 0 saturated carbocycles. The molecule has 7 heteroatoms. The standard InChI is InChI=1S/C15H31N5O2/c1-5-16-15(18-12-14(21)19(2)3)17-11-13-7-6-8-20(13)9-10-22-4/h13H,5-12H2,1-4H3,(H2,16,17,18). The van der Waals surface area contributed by atoms with E-state index >= 15 is 0 Å². The van der Waals surface area contributed by atoms with E-state index in [1.165, 1.54) is 12.8 Å². The zero-order chi connectivity index (χ0) is 16.4. The highest BCUT2D eigenvalue weighted by atomic mass is 16.5. The number of ether oxygens (including phenoxy) is 1. The highest BCUT2D eigenvalue weighted by Gasteiger charge is 2.23. The number of methoxy groups -OCH3 is 1. The van der Waals surface area contributed by atoms with Crippen LogP contribution in [0.5, 0.6) is 0 Å². The maximum absolute atomic E-state index is 11.6. The molecule has 1 aliphatic heterocycles. The second-order valence-corrected chi connectivity index (χ2v) is 5.69. The van der Waals surface area contributed by atoms with Crippen LogP contribution in [0.1, 0.15) is 19.8 Å². The van der Waals surface area contributed by atoms with Crippen LogP contribution < -0.4 is 10.6 Å². The van der Waals surface area contributed by atoms with E-state index in [0.29, 0.717) is 12.0 Å². The predicted octanol–water partition coefficient (Wildman–Crippen LogP) is -0.259. The van der Waals surface area contributed by atoms with Crippen LogP contribution in [0.15, 0.2) is 4.99 Å². The molecule has 0 aromatic carbocycles. The first-order valence-electron chi connectivity index (χ1n) is 8.03. The molecule has 0 aliphatic carbocycles. The number of carbonyl (C=O) groups is 1. The Morgan fingerprint density at radius 2 is 2.18 bits per heavy atom. The zero-order valence-corrected chi connectivity index (χ0v) is 14.4. The third kappa shape index (κ3) is 6.62. The Balaban J connectivity index is 2.45. The molecule has 1 amide bonds. The number of hydrogen-bond donors (Lipinski definition) is 2. The lowest BCUT2D eigenvalue weighted by Gasteiger charge is -2.25. The van der Waals surface area contributed by atoms with Crippen molar-refractivity contribution in [1.82, 2.24) is 20.4 Å². The largest absolute Gasteiger partial charge is 0.383 e. The van der Waals surface area contributed by atoms with Crippen LogP contribution in [0, 0.1) is 0 Å². The molecule has 22 heavy (non-hydrogen) atoms. The summed E-state index contributed by atoms with van der Waals surface area (Å²) in [6, 6.07) is 0.503. The Morgan fingerprint density at radius 1 is 1.41 bits per heavy atom. The van der Waals surface area contributed by atoms with Crippen LogP contribution >= 0.6 is 0 Å². The van der Waals surface area contributed by atoms with Crippen molar-refractivity contribution < 1.29 is 9.53 Å². The van der Waals surface area contributed by atoms with E-state index < -0.39 is 0 Å². The van der Waals surface area contributed by atoms with Gasteiger partial charge in [0.25, 0.3) is 0 Å². The van der Waals surface area contributed by atoms with Crippen LogP contribution in [0.25, 0.3) is 0 Å². The second-order valence-electron chi connectivity index (χ2n) is 5.69. The van der Waals surface area contributed by atoms with E-state index in [1.807, 2.05) is 6.92 Å². The molecule has 1 fully saturated rings. The molecule has 0 bridgehead atoms. The number of likely N-dealkylation sites (tertiary alicyclic amines) is 1. The first-order chi connectivity index (χ1) is 10.6. The van der Waals surface area contributed by atoms with E-state index in [4.69, 9.17) is 4.74 Å². The number of rotatable bonds is 8. The Bertz CT molecular complexity index is 360. The molecule has 1 aliphatic rings. The molecule has 0 spiro atoms. The molecular formula is C15H31N5O2. The van der Waals surface area contributed by atoms with E-state index in [-0.39, 0.29) is 12.5 Å². The summed E-state index contributed by atoms with van der Waals surface area (Å²) in [5.41, 5.74) is 0. The molecule has 0 aromatic rings. The summed E-state index contributed by atoms with van der Waals surface area (Å²) in [5, 5.41) is 6.53. The Morgan fingerprint density at radius 3 is 2.82 bits per heavy atom. The summed E-state index contributed by atoms with van der Waals surface area (Å²) in [6.07, 6.45) is 2.41. The van der Waals surface area contributed by atoms with Crippen LogP contribution in [-0.4, -0.2) is 88.2 Å². The van der Waals surface area contributed by atoms with Crippen molar-refractivity contribution >= 4 is 11.9 Å². The van der Waals surface area contributed by atoms with Gasteiger partial charge in [0.05, 0.1) is 6.61 Å². The second kappa shape index (κ2) is 10.4. The maximum Gasteiger partial charge on any atom is 0.243 e. The van der Waals surface area contributed by atoms with E-state index in [2.05, 4.69) is 20.5 Å². The number of nitrogens with zero attached hydrogens (tertiary/aromatic N) is 3. The first-order valence-corrected chi connectivity index (χ1v) is 8.03. The smallest absolute Gasteiger partial charge is 0.243 e. The summed E-state index contributed by atoms with van der Waals surface area (Å²) in [5.74, 6) is 0.705. The molecule has 128 valence electrons. The fraction of sp³-hybridized carbons (Fsp3) is 0.867. The quantitative estimate of drug-likeness (QED) is 0.477. The molecular weight excluding hydrogens is 282 g/mol. The van der Waals surface area contributed by atoms with Crippen LogP contribution in [0.2, 0.25) is 0 Å². The Labute approximate surface area is 134 Å². The third-order valence-electron chi connectivity index (χ3n) is 3.80. The SMILES string of the molecule is CCNC(=NCC(=O)N(C)C)NCC1CCCN1CCOC. The number of aliphatic imine (C=N–C) groups is 1. The van der Waals surface area contributed by atoms with Gasteiger partial charge in [0.2, 0.25) is 5.91 Å². The van der Waals surface area contributed by atoms with E-state index in [1.54, 1.807) is 26.1 Å². The molecule has 1 unspecified atom stereocenters. The summed E-state index contributed by atoms with van der Waals surface area (Å²) in [4.78, 5) is 20.0. The Kier molecular flexibility index (Phi) is 8.84. The van der Waals surface area contributed by atoms with Gasteiger partial charge in [0, 0.05) is 46.9 Å². The van der Waals surface area contributed by atoms with Crippen LogP contribution in [0.4, 0.5) is 0 Å². The number of guanidine groups is 1. The van der Waals surface area contributed by atoms with E-state index in [9.17, 15) is 4.79 Å². The minimum Gasteiger partial charge on any atom is -0.383 e.